The minimum Gasteiger partial charge on any atom is -0.354 e. The first-order valence-corrected chi connectivity index (χ1v) is 7.07. The van der Waals surface area contributed by atoms with Gasteiger partial charge in [-0.15, -0.1) is 0 Å². The molecule has 0 bridgehead atoms. The number of nitrogens with one attached hydrogen (secondary N) is 2. The molecule has 3 nitrogen and oxygen atoms in total. The predicted octanol–water partition coefficient (Wildman–Crippen LogP) is 3.74. The lowest BCUT2D eigenvalue weighted by atomic mass is 9.87. The number of halogens is 2. The SMILES string of the molecule is CC(C)(C)c1cc(Cl)c(Br)c(N2CCNC2=N)c1. The minimum absolute atomic E-state index is 0.0361. The molecule has 0 aromatic heterocycles. The van der Waals surface area contributed by atoms with Crippen molar-refractivity contribution < 1.29 is 0 Å². The molecule has 2 N–H and O–H groups in total. The Bertz CT molecular complexity index is 494. The molecular weight excluding hydrogens is 314 g/mol. The van der Waals surface area contributed by atoms with Gasteiger partial charge in [0.25, 0.3) is 0 Å². The van der Waals surface area contributed by atoms with Gasteiger partial charge in [-0.05, 0) is 39.0 Å². The van der Waals surface area contributed by atoms with Gasteiger partial charge in [0.1, 0.15) is 0 Å². The number of hydrogen-bond acceptors (Lipinski definition) is 1. The molecule has 5 heteroatoms. The minimum atomic E-state index is 0.0361. The van der Waals surface area contributed by atoms with E-state index in [2.05, 4.69) is 48.1 Å². The summed E-state index contributed by atoms with van der Waals surface area (Å²) in [5, 5.41) is 11.6. The standard InChI is InChI=1S/C13H17BrClN3/c1-13(2,3)8-6-9(15)11(14)10(7-8)18-5-4-17-12(18)16/h6-7H,4-5H2,1-3H3,(H2,16,17). The predicted molar refractivity (Wildman–Crippen MR) is 80.9 cm³/mol. The van der Waals surface area contributed by atoms with E-state index >= 15 is 0 Å². The zero-order valence-electron chi connectivity index (χ0n) is 10.8. The number of rotatable bonds is 1. The van der Waals surface area contributed by atoms with Crippen molar-refractivity contribution in [3.63, 3.8) is 0 Å². The first kappa shape index (κ1) is 13.7. The summed E-state index contributed by atoms with van der Waals surface area (Å²) in [6.45, 7) is 8.06. The van der Waals surface area contributed by atoms with Crippen LogP contribution in [0.15, 0.2) is 16.6 Å². The summed E-state index contributed by atoms with van der Waals surface area (Å²) >= 11 is 9.81. The fourth-order valence-corrected chi connectivity index (χ4v) is 2.60. The number of hydrogen-bond donors (Lipinski definition) is 2. The third-order valence-corrected chi connectivity index (χ3v) is 4.42. The molecule has 0 radical (unpaired) electrons. The second-order valence-electron chi connectivity index (χ2n) is 5.47. The molecule has 1 aromatic carbocycles. The highest BCUT2D eigenvalue weighted by atomic mass is 79.9. The fraction of sp³-hybridized carbons (Fsp3) is 0.462. The van der Waals surface area contributed by atoms with Gasteiger partial charge in [0, 0.05) is 13.1 Å². The third kappa shape index (κ3) is 2.50. The van der Waals surface area contributed by atoms with Crippen LogP contribution < -0.4 is 10.2 Å². The van der Waals surface area contributed by atoms with Gasteiger partial charge in [0.2, 0.25) is 0 Å². The van der Waals surface area contributed by atoms with Gasteiger partial charge in [0.15, 0.2) is 5.96 Å². The maximum Gasteiger partial charge on any atom is 0.195 e. The van der Waals surface area contributed by atoms with Crippen LogP contribution in [0.1, 0.15) is 26.3 Å². The van der Waals surface area contributed by atoms with Crippen LogP contribution in [0, 0.1) is 5.41 Å². The van der Waals surface area contributed by atoms with Crippen molar-refractivity contribution in [1.82, 2.24) is 5.32 Å². The van der Waals surface area contributed by atoms with E-state index in [4.69, 9.17) is 17.0 Å². The molecule has 1 heterocycles. The molecule has 1 aliphatic rings. The van der Waals surface area contributed by atoms with Gasteiger partial charge >= 0.3 is 0 Å². The van der Waals surface area contributed by atoms with E-state index in [0.717, 1.165) is 23.2 Å². The number of nitrogens with zero attached hydrogens (tertiary/aromatic N) is 1. The summed E-state index contributed by atoms with van der Waals surface area (Å²) in [4.78, 5) is 1.94. The van der Waals surface area contributed by atoms with Crippen LogP contribution >= 0.6 is 27.5 Å². The highest BCUT2D eigenvalue weighted by molar-refractivity contribution is 9.10. The smallest absolute Gasteiger partial charge is 0.195 e. The van der Waals surface area contributed by atoms with Crippen LogP contribution in [0.5, 0.6) is 0 Å². The Morgan fingerprint density at radius 1 is 1.39 bits per heavy atom. The van der Waals surface area contributed by atoms with E-state index in [-0.39, 0.29) is 5.41 Å². The first-order chi connectivity index (χ1) is 8.30. The molecule has 1 saturated heterocycles. The van der Waals surface area contributed by atoms with Crippen LogP contribution in [-0.4, -0.2) is 19.0 Å². The number of benzene rings is 1. The van der Waals surface area contributed by atoms with Crippen LogP contribution in [0.25, 0.3) is 0 Å². The van der Waals surface area contributed by atoms with Gasteiger partial charge in [-0.3, -0.25) is 5.41 Å². The Morgan fingerprint density at radius 2 is 2.06 bits per heavy atom. The van der Waals surface area contributed by atoms with E-state index in [9.17, 15) is 0 Å². The molecule has 98 valence electrons. The molecule has 0 amide bonds. The van der Waals surface area contributed by atoms with Crippen LogP contribution in [0.4, 0.5) is 5.69 Å². The highest BCUT2D eigenvalue weighted by Crippen LogP contribution is 2.38. The molecule has 0 spiro atoms. The van der Waals surface area contributed by atoms with Gasteiger partial charge in [-0.1, -0.05) is 32.4 Å². The van der Waals surface area contributed by atoms with Crippen molar-refractivity contribution in [1.29, 1.82) is 5.41 Å². The van der Waals surface area contributed by atoms with E-state index < -0.39 is 0 Å². The summed E-state index contributed by atoms with van der Waals surface area (Å²) in [6.07, 6.45) is 0. The lowest BCUT2D eigenvalue weighted by molar-refractivity contribution is 0.590. The molecule has 0 aliphatic carbocycles. The largest absolute Gasteiger partial charge is 0.354 e. The van der Waals surface area contributed by atoms with Crippen molar-refractivity contribution >= 4 is 39.2 Å². The average molecular weight is 331 g/mol. The van der Waals surface area contributed by atoms with Gasteiger partial charge in [-0.25, -0.2) is 0 Å². The summed E-state index contributed by atoms with van der Waals surface area (Å²) in [6, 6.07) is 4.10. The van der Waals surface area contributed by atoms with Crippen molar-refractivity contribution in [2.24, 2.45) is 0 Å². The normalized spacial score (nSPS) is 16.1. The Labute approximate surface area is 121 Å². The first-order valence-electron chi connectivity index (χ1n) is 5.90. The molecule has 18 heavy (non-hydrogen) atoms. The molecule has 2 rings (SSSR count). The highest BCUT2D eigenvalue weighted by Gasteiger charge is 2.24. The zero-order valence-corrected chi connectivity index (χ0v) is 13.1. The average Bonchev–Trinajstić information content (AvgIpc) is 2.67. The molecular formula is C13H17BrClN3. The summed E-state index contributed by atoms with van der Waals surface area (Å²) in [7, 11) is 0. The van der Waals surface area contributed by atoms with E-state index in [0.29, 0.717) is 11.0 Å². The maximum absolute atomic E-state index is 7.89. The Hall–Kier alpha value is -0.740. The van der Waals surface area contributed by atoms with Crippen molar-refractivity contribution in [2.45, 2.75) is 26.2 Å². The second kappa shape index (κ2) is 4.74. The van der Waals surface area contributed by atoms with E-state index in [1.807, 2.05) is 11.0 Å². The van der Waals surface area contributed by atoms with Gasteiger partial charge in [-0.2, -0.15) is 0 Å². The third-order valence-electron chi connectivity index (χ3n) is 3.06. The lowest BCUT2D eigenvalue weighted by Gasteiger charge is -2.25. The molecule has 0 saturated carbocycles. The van der Waals surface area contributed by atoms with Crippen molar-refractivity contribution in [3.8, 4) is 0 Å². The Kier molecular flexibility index (Phi) is 3.60. The molecule has 0 unspecified atom stereocenters. The summed E-state index contributed by atoms with van der Waals surface area (Å²) < 4.78 is 0.852. The lowest BCUT2D eigenvalue weighted by Crippen LogP contribution is -2.29. The van der Waals surface area contributed by atoms with Gasteiger partial charge < -0.3 is 10.2 Å². The Morgan fingerprint density at radius 3 is 2.56 bits per heavy atom. The van der Waals surface area contributed by atoms with Gasteiger partial charge in [0.05, 0.1) is 15.2 Å². The molecule has 1 aromatic rings. The summed E-state index contributed by atoms with van der Waals surface area (Å²) in [5.74, 6) is 0.429. The number of guanidine groups is 1. The quantitative estimate of drug-likeness (QED) is 0.823. The monoisotopic (exact) mass is 329 g/mol. The maximum atomic E-state index is 7.89. The molecule has 1 fully saturated rings. The van der Waals surface area contributed by atoms with Crippen LogP contribution in [0.2, 0.25) is 5.02 Å². The molecule has 1 aliphatic heterocycles. The van der Waals surface area contributed by atoms with Crippen LogP contribution in [0.3, 0.4) is 0 Å². The van der Waals surface area contributed by atoms with E-state index in [1.165, 1.54) is 5.56 Å². The van der Waals surface area contributed by atoms with Crippen molar-refractivity contribution in [3.05, 3.63) is 27.2 Å². The fourth-order valence-electron chi connectivity index (χ4n) is 1.94. The zero-order chi connectivity index (χ0) is 13.5. The van der Waals surface area contributed by atoms with Crippen LogP contribution in [-0.2, 0) is 5.41 Å². The summed E-state index contributed by atoms with van der Waals surface area (Å²) in [5.41, 5.74) is 2.17. The number of anilines is 1. The second-order valence-corrected chi connectivity index (χ2v) is 6.67. The van der Waals surface area contributed by atoms with Crippen molar-refractivity contribution in [2.75, 3.05) is 18.0 Å². The topological polar surface area (TPSA) is 39.1 Å². The van der Waals surface area contributed by atoms with E-state index in [1.54, 1.807) is 0 Å². The molecule has 0 atom stereocenters. The Balaban J connectivity index is 2.52.